The Labute approximate surface area is 114 Å². The largest absolute Gasteiger partial charge is 0.399 e. The molecule has 104 valence electrons. The van der Waals surface area contributed by atoms with Gasteiger partial charge in [-0.2, -0.15) is 0 Å². The average molecular weight is 262 g/mol. The molecule has 4 heteroatoms. The molecular formula is C15H22N2O2. The Bertz CT molecular complexity index is 515. The number of fused-ring (bicyclic) bond motifs is 1. The van der Waals surface area contributed by atoms with E-state index in [1.54, 1.807) is 4.90 Å². The van der Waals surface area contributed by atoms with E-state index in [0.717, 1.165) is 5.56 Å². The molecular weight excluding hydrogens is 240 g/mol. The van der Waals surface area contributed by atoms with Gasteiger partial charge in [0, 0.05) is 24.2 Å². The van der Waals surface area contributed by atoms with Crippen LogP contribution in [0, 0.1) is 0 Å². The Morgan fingerprint density at radius 1 is 1.42 bits per heavy atom. The zero-order valence-corrected chi connectivity index (χ0v) is 12.0. The van der Waals surface area contributed by atoms with Crippen LogP contribution >= 0.6 is 0 Å². The molecule has 0 spiro atoms. The van der Waals surface area contributed by atoms with E-state index in [-0.39, 0.29) is 11.3 Å². The monoisotopic (exact) mass is 262 g/mol. The molecule has 3 N–H and O–H groups in total. The van der Waals surface area contributed by atoms with Crippen LogP contribution in [0.2, 0.25) is 0 Å². The lowest BCUT2D eigenvalue weighted by atomic mass is 9.78. The summed E-state index contributed by atoms with van der Waals surface area (Å²) in [6.45, 7) is 8.37. The molecule has 0 saturated heterocycles. The first-order valence-corrected chi connectivity index (χ1v) is 6.52. The third-order valence-electron chi connectivity index (χ3n) is 3.62. The summed E-state index contributed by atoms with van der Waals surface area (Å²) < 4.78 is 0. The molecule has 2 rings (SSSR count). The molecule has 0 aromatic heterocycles. The topological polar surface area (TPSA) is 66.6 Å². The zero-order valence-electron chi connectivity index (χ0n) is 12.0. The number of nitrogen functional groups attached to an aromatic ring is 1. The Morgan fingerprint density at radius 2 is 2.05 bits per heavy atom. The first kappa shape index (κ1) is 13.9. The van der Waals surface area contributed by atoms with E-state index >= 15 is 0 Å². The maximum absolute atomic E-state index is 12.2. The molecule has 0 atom stereocenters. The van der Waals surface area contributed by atoms with Crippen molar-refractivity contribution in [3.05, 3.63) is 29.3 Å². The van der Waals surface area contributed by atoms with Crippen LogP contribution in [0.4, 0.5) is 5.69 Å². The van der Waals surface area contributed by atoms with E-state index in [9.17, 15) is 9.90 Å². The van der Waals surface area contributed by atoms with Crippen LogP contribution in [-0.4, -0.2) is 28.1 Å². The van der Waals surface area contributed by atoms with Crippen LogP contribution in [-0.2, 0) is 16.8 Å². The molecule has 0 fully saturated rings. The summed E-state index contributed by atoms with van der Waals surface area (Å²) in [5.41, 5.74) is 7.34. The van der Waals surface area contributed by atoms with Gasteiger partial charge in [0.2, 0.25) is 0 Å². The molecule has 0 unspecified atom stereocenters. The maximum atomic E-state index is 12.2. The Hall–Kier alpha value is -1.55. The van der Waals surface area contributed by atoms with E-state index in [4.69, 9.17) is 5.73 Å². The second-order valence-electron chi connectivity index (χ2n) is 6.52. The van der Waals surface area contributed by atoms with Crippen LogP contribution in [0.1, 0.15) is 38.8 Å². The quantitative estimate of drug-likeness (QED) is 0.756. The summed E-state index contributed by atoms with van der Waals surface area (Å²) in [4.78, 5) is 14.0. The Morgan fingerprint density at radius 3 is 2.63 bits per heavy atom. The predicted molar refractivity (Wildman–Crippen MR) is 75.6 cm³/mol. The third kappa shape index (κ3) is 2.59. The lowest BCUT2D eigenvalue weighted by molar-refractivity contribution is -0.149. The van der Waals surface area contributed by atoms with Crippen LogP contribution in [0.3, 0.4) is 0 Å². The van der Waals surface area contributed by atoms with E-state index in [1.165, 1.54) is 19.4 Å². The van der Waals surface area contributed by atoms with E-state index in [0.29, 0.717) is 18.8 Å². The number of rotatable bonds is 1. The number of hydrogen-bond donors (Lipinski definition) is 2. The number of nitrogens with zero attached hydrogens (tertiary/aromatic N) is 1. The van der Waals surface area contributed by atoms with Gasteiger partial charge >= 0.3 is 0 Å². The van der Waals surface area contributed by atoms with Gasteiger partial charge in [-0.15, -0.1) is 0 Å². The SMILES string of the molecule is CC(C)(O)C(=O)N1Cc2cc(N)ccc2C(C)(C)C1. The number of anilines is 1. The van der Waals surface area contributed by atoms with Gasteiger partial charge in [0.25, 0.3) is 5.91 Å². The van der Waals surface area contributed by atoms with Crippen molar-refractivity contribution >= 4 is 11.6 Å². The van der Waals surface area contributed by atoms with Gasteiger partial charge in [0.1, 0.15) is 5.60 Å². The summed E-state index contributed by atoms with van der Waals surface area (Å²) in [5, 5.41) is 9.90. The summed E-state index contributed by atoms with van der Waals surface area (Å²) in [6.07, 6.45) is 0. The molecule has 1 aromatic carbocycles. The van der Waals surface area contributed by atoms with Crippen LogP contribution < -0.4 is 5.73 Å². The standard InChI is InChI=1S/C15H22N2O2/c1-14(2)9-17(13(18)15(3,4)19)8-10-7-11(16)5-6-12(10)14/h5-7,19H,8-9,16H2,1-4H3. The second-order valence-corrected chi connectivity index (χ2v) is 6.52. The van der Waals surface area contributed by atoms with Gasteiger partial charge in [-0.1, -0.05) is 19.9 Å². The third-order valence-corrected chi connectivity index (χ3v) is 3.62. The van der Waals surface area contributed by atoms with Crippen molar-refractivity contribution in [1.29, 1.82) is 0 Å². The van der Waals surface area contributed by atoms with Crippen LogP contribution in [0.5, 0.6) is 0 Å². The highest BCUT2D eigenvalue weighted by molar-refractivity contribution is 5.84. The van der Waals surface area contributed by atoms with Crippen molar-refractivity contribution in [3.8, 4) is 0 Å². The highest BCUT2D eigenvalue weighted by atomic mass is 16.3. The highest BCUT2D eigenvalue weighted by Crippen LogP contribution is 2.35. The van der Waals surface area contributed by atoms with E-state index in [2.05, 4.69) is 13.8 Å². The molecule has 0 aliphatic carbocycles. The van der Waals surface area contributed by atoms with Gasteiger partial charge in [0.05, 0.1) is 0 Å². The molecule has 19 heavy (non-hydrogen) atoms. The molecule has 1 amide bonds. The van der Waals surface area contributed by atoms with E-state index in [1.807, 2.05) is 18.2 Å². The fourth-order valence-corrected chi connectivity index (χ4v) is 2.76. The maximum Gasteiger partial charge on any atom is 0.254 e. The number of benzene rings is 1. The minimum Gasteiger partial charge on any atom is -0.399 e. The van der Waals surface area contributed by atoms with Crippen molar-refractivity contribution < 1.29 is 9.90 Å². The van der Waals surface area contributed by atoms with Gasteiger partial charge < -0.3 is 15.7 Å². The first-order valence-electron chi connectivity index (χ1n) is 6.52. The summed E-state index contributed by atoms with van der Waals surface area (Å²) in [7, 11) is 0. The van der Waals surface area contributed by atoms with Gasteiger partial charge in [-0.3, -0.25) is 4.79 Å². The van der Waals surface area contributed by atoms with Gasteiger partial charge in [-0.25, -0.2) is 0 Å². The van der Waals surface area contributed by atoms with E-state index < -0.39 is 5.60 Å². The molecule has 1 aliphatic rings. The highest BCUT2D eigenvalue weighted by Gasteiger charge is 2.38. The minimum absolute atomic E-state index is 0.137. The smallest absolute Gasteiger partial charge is 0.254 e. The Balaban J connectivity index is 2.40. The molecule has 0 radical (unpaired) electrons. The fraction of sp³-hybridized carbons (Fsp3) is 0.533. The van der Waals surface area contributed by atoms with Crippen molar-refractivity contribution in [1.82, 2.24) is 4.90 Å². The summed E-state index contributed by atoms with van der Waals surface area (Å²) >= 11 is 0. The van der Waals surface area contributed by atoms with Crippen molar-refractivity contribution in [2.75, 3.05) is 12.3 Å². The lowest BCUT2D eigenvalue weighted by Gasteiger charge is -2.41. The van der Waals surface area contributed by atoms with Crippen molar-refractivity contribution in [3.63, 3.8) is 0 Å². The average Bonchev–Trinajstić information content (AvgIpc) is 2.24. The molecule has 1 aromatic rings. The van der Waals surface area contributed by atoms with Crippen LogP contribution in [0.15, 0.2) is 18.2 Å². The van der Waals surface area contributed by atoms with Gasteiger partial charge in [0.15, 0.2) is 0 Å². The summed E-state index contributed by atoms with van der Waals surface area (Å²) in [6, 6.07) is 5.85. The number of aliphatic hydroxyl groups is 1. The Kier molecular flexibility index (Phi) is 3.09. The number of carbonyl (C=O) groups is 1. The molecule has 0 bridgehead atoms. The second kappa shape index (κ2) is 4.23. The van der Waals surface area contributed by atoms with Crippen molar-refractivity contribution in [2.24, 2.45) is 0 Å². The zero-order chi connectivity index (χ0) is 14.4. The summed E-state index contributed by atoms with van der Waals surface area (Å²) in [5.74, 6) is -0.242. The number of carbonyl (C=O) groups excluding carboxylic acids is 1. The minimum atomic E-state index is -1.34. The van der Waals surface area contributed by atoms with Crippen LogP contribution in [0.25, 0.3) is 0 Å². The normalized spacial score (nSPS) is 18.1. The number of hydrogen-bond acceptors (Lipinski definition) is 3. The molecule has 0 saturated carbocycles. The molecule has 1 aliphatic heterocycles. The fourth-order valence-electron chi connectivity index (χ4n) is 2.76. The lowest BCUT2D eigenvalue weighted by Crippen LogP contribution is -2.51. The first-order chi connectivity index (χ1) is 8.61. The molecule has 1 heterocycles. The number of nitrogens with two attached hydrogens (primary N) is 1. The predicted octanol–water partition coefficient (Wildman–Crippen LogP) is 1.66. The molecule has 4 nitrogen and oxygen atoms in total. The van der Waals surface area contributed by atoms with Crippen molar-refractivity contribution in [2.45, 2.75) is 45.3 Å². The van der Waals surface area contributed by atoms with Gasteiger partial charge in [-0.05, 0) is 37.1 Å². The number of amides is 1.